The molecule has 2 fully saturated rings. The highest BCUT2D eigenvalue weighted by molar-refractivity contribution is 7.99. The van der Waals surface area contributed by atoms with Crippen LogP contribution in [0, 0.1) is 6.92 Å². The minimum absolute atomic E-state index is 0.120. The van der Waals surface area contributed by atoms with Crippen molar-refractivity contribution in [1.82, 2.24) is 20.4 Å². The van der Waals surface area contributed by atoms with Crippen LogP contribution in [0.5, 0.6) is 0 Å². The van der Waals surface area contributed by atoms with Crippen LogP contribution < -0.4 is 10.6 Å². The van der Waals surface area contributed by atoms with Crippen LogP contribution in [0.4, 0.5) is 0 Å². The molecule has 5 N–H and O–H groups in total. The molecule has 0 aliphatic carbocycles. The van der Waals surface area contributed by atoms with Gasteiger partial charge in [0.1, 0.15) is 35.4 Å². The SMILES string of the molecule is CS[C@H]1O[C@@H](c2ccc(C)c(Cc3ccc(CCCC(=O)NC(C)(C)C(=O)NCCN(C)CC(=O)N4CCCC4)cc3)c2)[C@H](O)[C@@H](O)[C@@H]1O. The van der Waals surface area contributed by atoms with Crippen LogP contribution in [-0.2, 0) is 32.0 Å². The lowest BCUT2D eigenvalue weighted by Crippen LogP contribution is -2.55. The van der Waals surface area contributed by atoms with Gasteiger partial charge in [-0.2, -0.15) is 0 Å². The van der Waals surface area contributed by atoms with Crippen LogP contribution in [-0.4, -0.2) is 118 Å². The lowest BCUT2D eigenvalue weighted by Gasteiger charge is -2.40. The number of aryl methyl sites for hydroxylation is 2. The van der Waals surface area contributed by atoms with Gasteiger partial charge in [-0.15, -0.1) is 11.8 Å². The van der Waals surface area contributed by atoms with Crippen LogP contribution in [0.15, 0.2) is 42.5 Å². The molecule has 5 atom stereocenters. The van der Waals surface area contributed by atoms with Gasteiger partial charge in [0.25, 0.3) is 0 Å². The third-order valence-electron chi connectivity index (χ3n) is 9.45. The first kappa shape index (κ1) is 38.8. The Morgan fingerprint density at radius 3 is 2.35 bits per heavy atom. The van der Waals surface area contributed by atoms with Gasteiger partial charge in [0.15, 0.2) is 0 Å². The minimum Gasteiger partial charge on any atom is -0.387 e. The molecule has 11 nitrogen and oxygen atoms in total. The molecule has 0 bridgehead atoms. The number of amides is 3. The van der Waals surface area contributed by atoms with Crippen molar-refractivity contribution in [2.45, 2.75) is 94.7 Å². The van der Waals surface area contributed by atoms with Crippen molar-refractivity contribution in [2.75, 3.05) is 46.0 Å². The summed E-state index contributed by atoms with van der Waals surface area (Å²) in [6, 6.07) is 14.1. The molecule has 2 aromatic carbocycles. The number of carbonyl (C=O) groups excluding carboxylic acids is 3. The Bertz CT molecular complexity index is 1410. The van der Waals surface area contributed by atoms with Crippen LogP contribution in [0.2, 0.25) is 0 Å². The fourth-order valence-electron chi connectivity index (χ4n) is 6.30. The second kappa shape index (κ2) is 17.8. The Kier molecular flexibility index (Phi) is 14.1. The minimum atomic E-state index is -1.29. The third-order valence-corrected chi connectivity index (χ3v) is 10.3. The average Bonchev–Trinajstić information content (AvgIpc) is 3.61. The topological polar surface area (TPSA) is 152 Å². The first-order chi connectivity index (χ1) is 23.3. The van der Waals surface area contributed by atoms with Crippen LogP contribution >= 0.6 is 11.8 Å². The van der Waals surface area contributed by atoms with Crippen LogP contribution in [0.1, 0.15) is 73.5 Å². The maximum Gasteiger partial charge on any atom is 0.245 e. The summed E-state index contributed by atoms with van der Waals surface area (Å²) in [6.07, 6.45) is 1.80. The smallest absolute Gasteiger partial charge is 0.245 e. The zero-order chi connectivity index (χ0) is 35.7. The summed E-state index contributed by atoms with van der Waals surface area (Å²) in [6.45, 7) is 8.31. The number of carbonyl (C=O) groups is 3. The molecule has 2 aromatic rings. The van der Waals surface area contributed by atoms with E-state index in [1.54, 1.807) is 20.1 Å². The highest BCUT2D eigenvalue weighted by Crippen LogP contribution is 2.36. The number of benzene rings is 2. The van der Waals surface area contributed by atoms with Gasteiger partial charge in [0.2, 0.25) is 17.7 Å². The number of nitrogens with one attached hydrogen (secondary N) is 2. The summed E-state index contributed by atoms with van der Waals surface area (Å²) in [5.41, 5.74) is 3.45. The summed E-state index contributed by atoms with van der Waals surface area (Å²) in [5.74, 6) is -0.327. The zero-order valence-corrected chi connectivity index (χ0v) is 30.3. The number of hydrogen-bond acceptors (Lipinski definition) is 9. The van der Waals surface area contributed by atoms with E-state index in [2.05, 4.69) is 34.9 Å². The van der Waals surface area contributed by atoms with Gasteiger partial charge in [-0.25, -0.2) is 0 Å². The van der Waals surface area contributed by atoms with Crippen molar-refractivity contribution >= 4 is 29.5 Å². The molecule has 270 valence electrons. The van der Waals surface area contributed by atoms with Gasteiger partial charge in [-0.1, -0.05) is 42.5 Å². The Hall–Kier alpha value is -3.00. The number of ether oxygens (including phenoxy) is 1. The maximum atomic E-state index is 12.8. The summed E-state index contributed by atoms with van der Waals surface area (Å²) < 4.78 is 5.96. The number of aliphatic hydroxyl groups is 3. The largest absolute Gasteiger partial charge is 0.387 e. The Morgan fingerprint density at radius 1 is 1.00 bits per heavy atom. The van der Waals surface area contributed by atoms with Gasteiger partial charge in [-0.05, 0) is 94.0 Å². The Labute approximate surface area is 294 Å². The van der Waals surface area contributed by atoms with Crippen LogP contribution in [0.3, 0.4) is 0 Å². The van der Waals surface area contributed by atoms with Gasteiger partial charge in [-0.3, -0.25) is 19.3 Å². The molecule has 0 radical (unpaired) electrons. The van der Waals surface area contributed by atoms with E-state index in [0.717, 1.165) is 60.2 Å². The van der Waals surface area contributed by atoms with E-state index in [4.69, 9.17) is 4.74 Å². The monoisotopic (exact) mass is 698 g/mol. The molecule has 2 heterocycles. The molecule has 3 amide bonds. The summed E-state index contributed by atoms with van der Waals surface area (Å²) >= 11 is 1.29. The molecule has 0 saturated carbocycles. The van der Waals surface area contributed by atoms with Crippen molar-refractivity contribution < 1.29 is 34.4 Å². The van der Waals surface area contributed by atoms with Crippen molar-refractivity contribution in [1.29, 1.82) is 0 Å². The van der Waals surface area contributed by atoms with Crippen LogP contribution in [0.25, 0.3) is 0 Å². The number of thioether (sulfide) groups is 1. The van der Waals surface area contributed by atoms with E-state index in [1.165, 1.54) is 11.8 Å². The van der Waals surface area contributed by atoms with E-state index in [-0.39, 0.29) is 17.7 Å². The molecule has 12 heteroatoms. The molecule has 0 aromatic heterocycles. The maximum absolute atomic E-state index is 12.8. The number of likely N-dealkylation sites (tertiary alicyclic amines) is 1. The van der Waals surface area contributed by atoms with E-state index in [9.17, 15) is 29.7 Å². The first-order valence-corrected chi connectivity index (χ1v) is 18.5. The number of rotatable bonds is 15. The van der Waals surface area contributed by atoms with Gasteiger partial charge in [0.05, 0.1) is 6.54 Å². The normalized spacial score (nSPS) is 22.7. The molecule has 4 rings (SSSR count). The number of nitrogens with zero attached hydrogens (tertiary/aromatic N) is 2. The number of hydrogen-bond donors (Lipinski definition) is 5. The Morgan fingerprint density at radius 2 is 1.67 bits per heavy atom. The van der Waals surface area contributed by atoms with Crippen molar-refractivity contribution in [3.05, 3.63) is 70.3 Å². The first-order valence-electron chi connectivity index (χ1n) is 17.2. The molecular formula is C37H54N4O7S. The quantitative estimate of drug-likeness (QED) is 0.189. The van der Waals surface area contributed by atoms with Crippen molar-refractivity contribution in [3.63, 3.8) is 0 Å². The second-order valence-corrected chi connectivity index (χ2v) is 14.9. The second-order valence-electron chi connectivity index (χ2n) is 13.9. The average molecular weight is 699 g/mol. The molecule has 2 aliphatic heterocycles. The lowest BCUT2D eigenvalue weighted by molar-refractivity contribution is -0.200. The van der Waals surface area contributed by atoms with Crippen molar-refractivity contribution in [3.8, 4) is 0 Å². The lowest BCUT2D eigenvalue weighted by atomic mass is 9.91. The van der Waals surface area contributed by atoms with E-state index >= 15 is 0 Å². The molecule has 0 spiro atoms. The standard InChI is InChI=1S/C37H54N4O7S/c1-24-11-16-27(34-32(45)31(44)33(46)35(48-34)49-5)22-28(24)21-26-14-12-25(13-15-26)9-8-10-29(42)39-37(2,3)36(47)38-17-20-40(4)23-30(43)41-18-6-7-19-41/h11-16,22,31-35,44-46H,6-10,17-21,23H2,1-5H3,(H,38,47)(H,39,42)/t31-,32-,33+,34+,35-/m1/s1. The third kappa shape index (κ3) is 10.7. The van der Waals surface area contributed by atoms with Crippen molar-refractivity contribution in [2.24, 2.45) is 0 Å². The van der Waals surface area contributed by atoms with E-state index < -0.39 is 35.4 Å². The highest BCUT2D eigenvalue weighted by atomic mass is 32.2. The molecule has 49 heavy (non-hydrogen) atoms. The number of aliphatic hydroxyl groups excluding tert-OH is 3. The van der Waals surface area contributed by atoms with Gasteiger partial charge in [0, 0.05) is 32.6 Å². The summed E-state index contributed by atoms with van der Waals surface area (Å²) in [7, 11) is 1.86. The predicted octanol–water partition coefficient (Wildman–Crippen LogP) is 2.32. The highest BCUT2D eigenvalue weighted by Gasteiger charge is 2.44. The molecule has 2 saturated heterocycles. The fraction of sp³-hybridized carbons (Fsp3) is 0.595. The summed E-state index contributed by atoms with van der Waals surface area (Å²) in [5, 5.41) is 37.0. The fourth-order valence-corrected chi connectivity index (χ4v) is 6.97. The predicted molar refractivity (Wildman–Crippen MR) is 191 cm³/mol. The molecule has 2 aliphatic rings. The van der Waals surface area contributed by atoms with E-state index in [0.29, 0.717) is 38.9 Å². The Balaban J connectivity index is 1.19. The molecular weight excluding hydrogens is 644 g/mol. The van der Waals surface area contributed by atoms with Gasteiger partial charge < -0.3 is 35.6 Å². The zero-order valence-electron chi connectivity index (χ0n) is 29.5. The molecule has 0 unspecified atom stereocenters. The van der Waals surface area contributed by atoms with Gasteiger partial charge >= 0.3 is 0 Å². The summed E-state index contributed by atoms with van der Waals surface area (Å²) in [4.78, 5) is 41.6. The van der Waals surface area contributed by atoms with E-state index in [1.807, 2.05) is 42.0 Å². The number of likely N-dealkylation sites (N-methyl/N-ethyl adjacent to an activating group) is 1.